The average molecular weight is 695 g/mol. The third kappa shape index (κ3) is 19.3. The smallest absolute Gasteiger partial charge is 0.333 e. The normalized spacial score (nSPS) is 12.0. The van der Waals surface area contributed by atoms with Gasteiger partial charge in [0, 0.05) is 18.6 Å². The van der Waals surface area contributed by atoms with E-state index in [0.717, 1.165) is 19.3 Å². The van der Waals surface area contributed by atoms with Gasteiger partial charge in [-0.05, 0) is 54.0 Å². The lowest BCUT2D eigenvalue weighted by Crippen LogP contribution is -2.23. The molecule has 0 fully saturated rings. The molecule has 50 heavy (non-hydrogen) atoms. The molecule has 0 amide bonds. The van der Waals surface area contributed by atoms with Crippen LogP contribution in [0.3, 0.4) is 0 Å². The summed E-state index contributed by atoms with van der Waals surface area (Å²) in [4.78, 5) is 25.4. The maximum Gasteiger partial charge on any atom is 0.333 e. The summed E-state index contributed by atoms with van der Waals surface area (Å²) < 4.78 is 21.3. The number of methoxy groups -OCH3 is 2. The number of ether oxygens (including phenoxy) is 4. The van der Waals surface area contributed by atoms with Gasteiger partial charge in [0.05, 0.1) is 14.2 Å². The van der Waals surface area contributed by atoms with Crippen molar-refractivity contribution in [2.24, 2.45) is 0 Å². The van der Waals surface area contributed by atoms with Gasteiger partial charge in [0.2, 0.25) is 6.29 Å². The minimum Gasteiger partial charge on any atom is -0.504 e. The molecule has 0 spiro atoms. The van der Waals surface area contributed by atoms with Gasteiger partial charge in [0.15, 0.2) is 23.0 Å². The number of phenolic OH excluding ortho intramolecular Hbond substituents is 2. The second-order valence-corrected chi connectivity index (χ2v) is 13.0. The fraction of sp³-hybridized carbons (Fsp3) is 0.571. The Bertz CT molecular complexity index is 1210. The van der Waals surface area contributed by atoms with E-state index in [-0.39, 0.29) is 23.0 Å². The van der Waals surface area contributed by atoms with Crippen molar-refractivity contribution in [3.8, 4) is 23.0 Å². The van der Waals surface area contributed by atoms with E-state index in [1.54, 1.807) is 36.4 Å². The van der Waals surface area contributed by atoms with Gasteiger partial charge in [-0.25, -0.2) is 9.59 Å². The molecule has 2 rings (SSSR count). The van der Waals surface area contributed by atoms with Crippen LogP contribution in [0.4, 0.5) is 0 Å². The van der Waals surface area contributed by atoms with Crippen molar-refractivity contribution in [1.29, 1.82) is 0 Å². The fourth-order valence-electron chi connectivity index (χ4n) is 5.79. The van der Waals surface area contributed by atoms with Crippen LogP contribution < -0.4 is 9.47 Å². The lowest BCUT2D eigenvalue weighted by atomic mass is 10.0. The van der Waals surface area contributed by atoms with Crippen molar-refractivity contribution in [2.45, 2.75) is 142 Å². The van der Waals surface area contributed by atoms with Crippen molar-refractivity contribution in [3.63, 3.8) is 0 Å². The summed E-state index contributed by atoms with van der Waals surface area (Å²) in [6.45, 7) is 2.27. The Morgan fingerprint density at radius 1 is 0.560 bits per heavy atom. The first-order valence-electron chi connectivity index (χ1n) is 18.9. The largest absolute Gasteiger partial charge is 0.504 e. The number of rotatable bonds is 28. The highest BCUT2D eigenvalue weighted by atomic mass is 16.7. The van der Waals surface area contributed by atoms with Gasteiger partial charge >= 0.3 is 11.9 Å². The first kappa shape index (κ1) is 42.2. The van der Waals surface area contributed by atoms with Crippen molar-refractivity contribution in [3.05, 3.63) is 59.7 Å². The molecule has 2 aromatic carbocycles. The molecule has 2 N–H and O–H groups in total. The van der Waals surface area contributed by atoms with E-state index in [1.165, 1.54) is 141 Å². The highest BCUT2D eigenvalue weighted by molar-refractivity contribution is 5.89. The number of hydrogen-bond acceptors (Lipinski definition) is 8. The number of carbonyl (C=O) groups is 2. The molecule has 278 valence electrons. The zero-order valence-electron chi connectivity index (χ0n) is 30.8. The molecule has 0 heterocycles. The molecule has 8 heteroatoms. The Labute approximate surface area is 300 Å². The van der Waals surface area contributed by atoms with E-state index >= 15 is 0 Å². The Morgan fingerprint density at radius 3 is 1.24 bits per heavy atom. The van der Waals surface area contributed by atoms with Crippen LogP contribution in [0.1, 0.15) is 146 Å². The third-order valence-corrected chi connectivity index (χ3v) is 8.77. The first-order valence-corrected chi connectivity index (χ1v) is 18.9. The van der Waals surface area contributed by atoms with E-state index in [4.69, 9.17) is 18.9 Å². The standard InChI is InChI=1S/C42H62O8/c1-4-5-6-7-8-9-10-11-12-13-14-15-16-17-18-19-20-21-22-23-42(49-40(45)30-26-34-24-28-36(43)38(32-34)47-2)50-41(46)31-27-35-25-29-37(44)39(33-35)48-3/h24-33,42-44H,4-23H2,1-3H3. The lowest BCUT2D eigenvalue weighted by molar-refractivity contribution is -0.181. The van der Waals surface area contributed by atoms with E-state index < -0.39 is 18.2 Å². The molecule has 2 aromatic rings. The summed E-state index contributed by atoms with van der Waals surface area (Å²) in [5.74, 6) is -0.737. The highest BCUT2D eigenvalue weighted by Gasteiger charge is 2.17. The topological polar surface area (TPSA) is 112 Å². The number of phenols is 2. The van der Waals surface area contributed by atoms with Gasteiger partial charge in [-0.2, -0.15) is 0 Å². The van der Waals surface area contributed by atoms with Crippen LogP contribution in [-0.2, 0) is 19.1 Å². The molecule has 0 bridgehead atoms. The Kier molecular flexibility index (Phi) is 22.7. The average Bonchev–Trinajstić information content (AvgIpc) is 3.11. The van der Waals surface area contributed by atoms with Gasteiger partial charge in [0.25, 0.3) is 0 Å². The van der Waals surface area contributed by atoms with Crippen LogP contribution in [-0.4, -0.2) is 42.7 Å². The van der Waals surface area contributed by atoms with Crippen LogP contribution in [0.2, 0.25) is 0 Å². The number of hydrogen-bond donors (Lipinski definition) is 2. The fourth-order valence-corrected chi connectivity index (χ4v) is 5.79. The minimum atomic E-state index is -1.04. The van der Waals surface area contributed by atoms with E-state index in [1.807, 2.05) is 0 Å². The van der Waals surface area contributed by atoms with Crippen molar-refractivity contribution < 1.29 is 38.7 Å². The summed E-state index contributed by atoms with van der Waals surface area (Å²) in [5, 5.41) is 19.6. The number of unbranched alkanes of at least 4 members (excludes halogenated alkanes) is 18. The van der Waals surface area contributed by atoms with Crippen molar-refractivity contribution in [1.82, 2.24) is 0 Å². The first-order chi connectivity index (χ1) is 24.4. The van der Waals surface area contributed by atoms with Crippen LogP contribution in [0.5, 0.6) is 23.0 Å². The Balaban J connectivity index is 1.71. The Hall–Kier alpha value is -3.94. The molecular formula is C42H62O8. The summed E-state index contributed by atoms with van der Waals surface area (Å²) in [7, 11) is 2.89. The summed E-state index contributed by atoms with van der Waals surface area (Å²) in [6.07, 6.45) is 29.3. The van der Waals surface area contributed by atoms with Gasteiger partial charge in [-0.3, -0.25) is 0 Å². The molecule has 0 aliphatic carbocycles. The lowest BCUT2D eigenvalue weighted by Gasteiger charge is -2.17. The van der Waals surface area contributed by atoms with E-state index in [2.05, 4.69) is 6.92 Å². The maximum absolute atomic E-state index is 12.7. The second kappa shape index (κ2) is 26.9. The SMILES string of the molecule is CCCCCCCCCCCCCCCCCCCCCC(OC(=O)C=Cc1ccc(O)c(OC)c1)OC(=O)C=Cc1ccc(O)c(OC)c1. The molecule has 0 unspecified atom stereocenters. The molecule has 0 saturated heterocycles. The summed E-state index contributed by atoms with van der Waals surface area (Å²) >= 11 is 0. The zero-order chi connectivity index (χ0) is 36.2. The van der Waals surface area contributed by atoms with Crippen molar-refractivity contribution >= 4 is 24.1 Å². The van der Waals surface area contributed by atoms with Gasteiger partial charge in [0.1, 0.15) is 0 Å². The summed E-state index contributed by atoms with van der Waals surface area (Å²) in [6, 6.07) is 9.42. The highest BCUT2D eigenvalue weighted by Crippen LogP contribution is 2.28. The molecule has 0 radical (unpaired) electrons. The quantitative estimate of drug-likeness (QED) is 0.0392. The molecule has 0 aliphatic heterocycles. The van der Waals surface area contributed by atoms with Crippen molar-refractivity contribution in [2.75, 3.05) is 14.2 Å². The molecule has 0 saturated carbocycles. The maximum atomic E-state index is 12.7. The predicted octanol–water partition coefficient (Wildman–Crippen LogP) is 11.1. The van der Waals surface area contributed by atoms with Crippen LogP contribution in [0, 0.1) is 0 Å². The van der Waals surface area contributed by atoms with Crippen LogP contribution in [0.15, 0.2) is 48.6 Å². The van der Waals surface area contributed by atoms with Gasteiger partial charge < -0.3 is 29.2 Å². The number of esters is 2. The van der Waals surface area contributed by atoms with E-state index in [0.29, 0.717) is 17.5 Å². The number of aromatic hydroxyl groups is 2. The van der Waals surface area contributed by atoms with Crippen LogP contribution >= 0.6 is 0 Å². The monoisotopic (exact) mass is 694 g/mol. The molecule has 0 aliphatic rings. The third-order valence-electron chi connectivity index (χ3n) is 8.77. The molecule has 0 aromatic heterocycles. The zero-order valence-corrected chi connectivity index (χ0v) is 30.8. The minimum absolute atomic E-state index is 0.00223. The molecule has 8 nitrogen and oxygen atoms in total. The molecule has 0 atom stereocenters. The predicted molar refractivity (Wildman–Crippen MR) is 201 cm³/mol. The number of benzene rings is 2. The van der Waals surface area contributed by atoms with Gasteiger partial charge in [-0.1, -0.05) is 135 Å². The van der Waals surface area contributed by atoms with Gasteiger partial charge in [-0.15, -0.1) is 0 Å². The second-order valence-electron chi connectivity index (χ2n) is 13.0. The Morgan fingerprint density at radius 2 is 0.900 bits per heavy atom. The van der Waals surface area contributed by atoms with E-state index in [9.17, 15) is 19.8 Å². The van der Waals surface area contributed by atoms with Crippen LogP contribution in [0.25, 0.3) is 12.2 Å². The number of carbonyl (C=O) groups excluding carboxylic acids is 2. The summed E-state index contributed by atoms with van der Waals surface area (Å²) in [5.41, 5.74) is 1.27. The molecular weight excluding hydrogens is 632 g/mol.